The first kappa shape index (κ1) is 12.2. The van der Waals surface area contributed by atoms with Crippen molar-refractivity contribution in [3.8, 4) is 12.3 Å². The molecule has 0 radical (unpaired) electrons. The predicted octanol–water partition coefficient (Wildman–Crippen LogP) is 2.52. The molecular weight excluding hydrogens is 222 g/mol. The molecule has 0 saturated heterocycles. The molecule has 0 bridgehead atoms. The summed E-state index contributed by atoms with van der Waals surface area (Å²) in [7, 11) is 0. The standard InChI is InChI=1S/C16H15NO/c1-3-12(2)17-16(18)11-14-9-6-8-13-7-4-5-10-15(13)14/h1,4-10,12H,11H2,2H3,(H,17,18). The second-order valence-electron chi connectivity index (χ2n) is 4.27. The highest BCUT2D eigenvalue weighted by Gasteiger charge is 2.08. The van der Waals surface area contributed by atoms with Crippen LogP contribution in [0.2, 0.25) is 0 Å². The van der Waals surface area contributed by atoms with Gasteiger partial charge < -0.3 is 5.32 Å². The van der Waals surface area contributed by atoms with Crippen molar-refractivity contribution < 1.29 is 4.79 Å². The van der Waals surface area contributed by atoms with Crippen LogP contribution in [0, 0.1) is 12.3 Å². The van der Waals surface area contributed by atoms with Gasteiger partial charge in [0.15, 0.2) is 0 Å². The Kier molecular flexibility index (Phi) is 3.64. The fraction of sp³-hybridized carbons (Fsp3) is 0.188. The van der Waals surface area contributed by atoms with Gasteiger partial charge >= 0.3 is 0 Å². The minimum atomic E-state index is -0.229. The lowest BCUT2D eigenvalue weighted by molar-refractivity contribution is -0.120. The molecule has 0 aliphatic heterocycles. The van der Waals surface area contributed by atoms with Crippen LogP contribution in [0.4, 0.5) is 0 Å². The van der Waals surface area contributed by atoms with Gasteiger partial charge in [-0.1, -0.05) is 48.4 Å². The van der Waals surface area contributed by atoms with Crippen molar-refractivity contribution in [3.05, 3.63) is 48.0 Å². The van der Waals surface area contributed by atoms with Gasteiger partial charge in [-0.2, -0.15) is 0 Å². The minimum Gasteiger partial charge on any atom is -0.342 e. The van der Waals surface area contributed by atoms with E-state index in [1.54, 1.807) is 6.92 Å². The molecule has 0 aromatic heterocycles. The summed E-state index contributed by atoms with van der Waals surface area (Å²) in [4.78, 5) is 11.8. The van der Waals surface area contributed by atoms with Gasteiger partial charge in [-0.3, -0.25) is 4.79 Å². The average Bonchev–Trinajstić information content (AvgIpc) is 2.39. The largest absolute Gasteiger partial charge is 0.342 e. The van der Waals surface area contributed by atoms with Gasteiger partial charge in [0, 0.05) is 0 Å². The molecule has 1 atom stereocenters. The van der Waals surface area contributed by atoms with Crippen LogP contribution in [0.3, 0.4) is 0 Å². The number of terminal acetylenes is 1. The van der Waals surface area contributed by atoms with E-state index in [1.807, 2.05) is 42.5 Å². The molecule has 18 heavy (non-hydrogen) atoms. The van der Waals surface area contributed by atoms with E-state index >= 15 is 0 Å². The number of rotatable bonds is 3. The van der Waals surface area contributed by atoms with Crippen LogP contribution >= 0.6 is 0 Å². The Morgan fingerprint density at radius 3 is 2.78 bits per heavy atom. The van der Waals surface area contributed by atoms with E-state index in [0.717, 1.165) is 16.3 Å². The Morgan fingerprint density at radius 1 is 1.28 bits per heavy atom. The number of nitrogens with one attached hydrogen (secondary N) is 1. The molecule has 0 spiro atoms. The molecule has 1 amide bonds. The molecule has 2 nitrogen and oxygen atoms in total. The third-order valence-corrected chi connectivity index (χ3v) is 2.86. The Labute approximate surface area is 107 Å². The van der Waals surface area contributed by atoms with Crippen molar-refractivity contribution >= 4 is 16.7 Å². The number of benzene rings is 2. The zero-order chi connectivity index (χ0) is 13.0. The maximum atomic E-state index is 11.8. The third-order valence-electron chi connectivity index (χ3n) is 2.86. The second-order valence-corrected chi connectivity index (χ2v) is 4.27. The summed E-state index contributed by atoms with van der Waals surface area (Å²) in [5.74, 6) is 2.44. The molecule has 0 aliphatic rings. The van der Waals surface area contributed by atoms with Crippen molar-refractivity contribution in [2.75, 3.05) is 0 Å². The summed E-state index contributed by atoms with van der Waals surface area (Å²) in [5, 5.41) is 5.03. The highest BCUT2D eigenvalue weighted by molar-refractivity contribution is 5.90. The number of carbonyl (C=O) groups excluding carboxylic acids is 1. The molecule has 90 valence electrons. The van der Waals surface area contributed by atoms with E-state index in [0.29, 0.717) is 6.42 Å². The van der Waals surface area contributed by atoms with Crippen molar-refractivity contribution in [3.63, 3.8) is 0 Å². The molecule has 0 aliphatic carbocycles. The third kappa shape index (κ3) is 2.70. The fourth-order valence-electron chi connectivity index (χ4n) is 1.95. The molecule has 0 fully saturated rings. The molecule has 2 heteroatoms. The van der Waals surface area contributed by atoms with E-state index in [2.05, 4.69) is 11.2 Å². The predicted molar refractivity (Wildman–Crippen MR) is 74.1 cm³/mol. The first-order valence-electron chi connectivity index (χ1n) is 5.93. The highest BCUT2D eigenvalue weighted by Crippen LogP contribution is 2.18. The maximum absolute atomic E-state index is 11.8. The zero-order valence-corrected chi connectivity index (χ0v) is 10.3. The van der Waals surface area contributed by atoms with Crippen molar-refractivity contribution in [1.29, 1.82) is 0 Å². The van der Waals surface area contributed by atoms with Crippen LogP contribution in [-0.2, 0) is 11.2 Å². The Hall–Kier alpha value is -2.27. The van der Waals surface area contributed by atoms with Gasteiger partial charge in [-0.15, -0.1) is 6.42 Å². The maximum Gasteiger partial charge on any atom is 0.225 e. The number of carbonyl (C=O) groups is 1. The van der Waals surface area contributed by atoms with Gasteiger partial charge in [0.05, 0.1) is 12.5 Å². The molecule has 2 aromatic rings. The van der Waals surface area contributed by atoms with E-state index in [9.17, 15) is 4.79 Å². The van der Waals surface area contributed by atoms with Crippen LogP contribution in [0.1, 0.15) is 12.5 Å². The Morgan fingerprint density at radius 2 is 2.00 bits per heavy atom. The quantitative estimate of drug-likeness (QED) is 0.817. The van der Waals surface area contributed by atoms with Crippen LogP contribution in [0.5, 0.6) is 0 Å². The minimum absolute atomic E-state index is 0.0446. The Bertz CT molecular complexity index is 605. The van der Waals surface area contributed by atoms with Gasteiger partial charge in [0.2, 0.25) is 5.91 Å². The molecule has 2 aromatic carbocycles. The zero-order valence-electron chi connectivity index (χ0n) is 10.3. The number of hydrogen-bond donors (Lipinski definition) is 1. The summed E-state index contributed by atoms with van der Waals surface area (Å²) in [6.45, 7) is 1.79. The van der Waals surface area contributed by atoms with E-state index in [-0.39, 0.29) is 11.9 Å². The topological polar surface area (TPSA) is 29.1 Å². The molecular formula is C16H15NO. The van der Waals surface area contributed by atoms with Crippen LogP contribution < -0.4 is 5.32 Å². The number of fused-ring (bicyclic) bond motifs is 1. The molecule has 0 saturated carbocycles. The number of amides is 1. The fourth-order valence-corrected chi connectivity index (χ4v) is 1.95. The second kappa shape index (κ2) is 5.37. The van der Waals surface area contributed by atoms with E-state index in [1.165, 1.54) is 0 Å². The van der Waals surface area contributed by atoms with Crippen molar-refractivity contribution in [2.24, 2.45) is 0 Å². The lowest BCUT2D eigenvalue weighted by Crippen LogP contribution is -2.32. The summed E-state index contributed by atoms with van der Waals surface area (Å²) in [5.41, 5.74) is 1.02. The molecule has 2 rings (SSSR count). The summed E-state index contributed by atoms with van der Waals surface area (Å²) in [6, 6.07) is 13.8. The monoisotopic (exact) mass is 237 g/mol. The summed E-state index contributed by atoms with van der Waals surface area (Å²) >= 11 is 0. The van der Waals surface area contributed by atoms with Gasteiger partial charge in [-0.05, 0) is 23.3 Å². The number of hydrogen-bond acceptors (Lipinski definition) is 1. The van der Waals surface area contributed by atoms with E-state index in [4.69, 9.17) is 6.42 Å². The molecule has 1 unspecified atom stereocenters. The van der Waals surface area contributed by atoms with Crippen LogP contribution in [0.15, 0.2) is 42.5 Å². The summed E-state index contributed by atoms with van der Waals surface area (Å²) < 4.78 is 0. The Balaban J connectivity index is 2.22. The molecule has 0 heterocycles. The van der Waals surface area contributed by atoms with Crippen molar-refractivity contribution in [1.82, 2.24) is 5.32 Å². The van der Waals surface area contributed by atoms with Crippen LogP contribution in [0.25, 0.3) is 10.8 Å². The van der Waals surface area contributed by atoms with Gasteiger partial charge in [0.1, 0.15) is 0 Å². The normalized spacial score (nSPS) is 11.8. The van der Waals surface area contributed by atoms with Gasteiger partial charge in [0.25, 0.3) is 0 Å². The first-order valence-corrected chi connectivity index (χ1v) is 5.93. The SMILES string of the molecule is C#CC(C)NC(=O)Cc1cccc2ccccc12. The molecule has 1 N–H and O–H groups in total. The smallest absolute Gasteiger partial charge is 0.225 e. The lowest BCUT2D eigenvalue weighted by atomic mass is 10.0. The van der Waals surface area contributed by atoms with Gasteiger partial charge in [-0.25, -0.2) is 0 Å². The van der Waals surface area contributed by atoms with E-state index < -0.39 is 0 Å². The summed E-state index contributed by atoms with van der Waals surface area (Å²) in [6.07, 6.45) is 5.59. The lowest BCUT2D eigenvalue weighted by Gasteiger charge is -2.09. The van der Waals surface area contributed by atoms with Crippen LogP contribution in [-0.4, -0.2) is 11.9 Å². The average molecular weight is 237 g/mol. The van der Waals surface area contributed by atoms with Crippen molar-refractivity contribution in [2.45, 2.75) is 19.4 Å². The highest BCUT2D eigenvalue weighted by atomic mass is 16.1. The first-order chi connectivity index (χ1) is 8.70.